The number of hydrogen-bond acceptors (Lipinski definition) is 4. The molecule has 6 nitrogen and oxygen atoms in total. The van der Waals surface area contributed by atoms with E-state index in [1.807, 2.05) is 30.3 Å². The van der Waals surface area contributed by atoms with E-state index < -0.39 is 20.6 Å². The van der Waals surface area contributed by atoms with Gasteiger partial charge in [-0.2, -0.15) is 0 Å². The molecular weight excluding hydrogens is 328 g/mol. The Morgan fingerprint density at radius 1 is 0.917 bits per heavy atom. The van der Waals surface area contributed by atoms with Crippen LogP contribution in [0.4, 0.5) is 11.4 Å². The Balaban J connectivity index is 2.10. The van der Waals surface area contributed by atoms with E-state index in [1.165, 1.54) is 31.3 Å². The predicted molar refractivity (Wildman–Crippen MR) is 92.6 cm³/mol. The lowest BCUT2D eigenvalue weighted by atomic mass is 10.1. The summed E-state index contributed by atoms with van der Waals surface area (Å²) < 4.78 is 26.7. The fourth-order valence-corrected chi connectivity index (χ4v) is 3.83. The molecule has 0 bridgehead atoms. The molecule has 3 aromatic rings. The fourth-order valence-electron chi connectivity index (χ4n) is 2.49. The maximum atomic E-state index is 12.8. The molecule has 0 aliphatic carbocycles. The van der Waals surface area contributed by atoms with Crippen molar-refractivity contribution in [3.05, 3.63) is 76.8 Å². The molecule has 0 N–H and O–H groups in total. The van der Waals surface area contributed by atoms with Gasteiger partial charge in [0, 0.05) is 13.1 Å². The maximum absolute atomic E-state index is 12.8. The van der Waals surface area contributed by atoms with Gasteiger partial charge in [0.25, 0.3) is 15.7 Å². The Kier molecular flexibility index (Phi) is 3.94. The Bertz CT molecular complexity index is 1030. The van der Waals surface area contributed by atoms with Gasteiger partial charge in [0.15, 0.2) is 4.90 Å². The first-order valence-corrected chi connectivity index (χ1v) is 8.56. The lowest BCUT2D eigenvalue weighted by Gasteiger charge is -2.20. The molecule has 0 atom stereocenters. The molecule has 0 saturated carbocycles. The van der Waals surface area contributed by atoms with Crippen LogP contribution in [0.1, 0.15) is 0 Å². The quantitative estimate of drug-likeness (QED) is 0.536. The number of anilines is 1. The van der Waals surface area contributed by atoms with Crippen molar-refractivity contribution in [1.82, 2.24) is 0 Å². The number of fused-ring (bicyclic) bond motifs is 1. The largest absolute Gasteiger partial charge is 0.289 e. The second-order valence-electron chi connectivity index (χ2n) is 5.23. The number of hydrogen-bond donors (Lipinski definition) is 0. The average molecular weight is 342 g/mol. The van der Waals surface area contributed by atoms with Gasteiger partial charge < -0.3 is 0 Å². The highest BCUT2D eigenvalue weighted by Gasteiger charge is 2.29. The summed E-state index contributed by atoms with van der Waals surface area (Å²) in [6.07, 6.45) is 0. The van der Waals surface area contributed by atoms with Gasteiger partial charge in [0.05, 0.1) is 10.6 Å². The summed E-state index contributed by atoms with van der Waals surface area (Å²) in [5, 5.41) is 13.0. The Labute approximate surface area is 139 Å². The molecule has 0 amide bonds. The van der Waals surface area contributed by atoms with Crippen LogP contribution in [0.3, 0.4) is 0 Å². The van der Waals surface area contributed by atoms with Gasteiger partial charge in [-0.05, 0) is 29.0 Å². The first kappa shape index (κ1) is 15.9. The van der Waals surface area contributed by atoms with E-state index in [4.69, 9.17) is 0 Å². The third kappa shape index (κ3) is 2.69. The molecule has 0 aliphatic rings. The SMILES string of the molecule is CN(c1ccc2ccccc2c1)S(=O)(=O)c1ccccc1[N+](=O)[O-]. The first-order chi connectivity index (χ1) is 11.4. The van der Waals surface area contributed by atoms with E-state index in [0.29, 0.717) is 5.69 Å². The van der Waals surface area contributed by atoms with E-state index in [2.05, 4.69) is 0 Å². The zero-order valence-electron chi connectivity index (χ0n) is 12.8. The molecule has 0 fully saturated rings. The van der Waals surface area contributed by atoms with Crippen molar-refractivity contribution >= 4 is 32.2 Å². The van der Waals surface area contributed by atoms with Gasteiger partial charge in [-0.1, -0.05) is 42.5 Å². The van der Waals surface area contributed by atoms with Crippen molar-refractivity contribution in [2.45, 2.75) is 4.90 Å². The molecule has 0 radical (unpaired) electrons. The number of para-hydroxylation sites is 1. The molecule has 3 rings (SSSR count). The topological polar surface area (TPSA) is 80.5 Å². The van der Waals surface area contributed by atoms with Crippen molar-refractivity contribution in [3.63, 3.8) is 0 Å². The lowest BCUT2D eigenvalue weighted by molar-refractivity contribution is -0.387. The molecule has 0 saturated heterocycles. The van der Waals surface area contributed by atoms with E-state index in [0.717, 1.165) is 15.1 Å². The minimum absolute atomic E-state index is 0.328. The minimum Gasteiger partial charge on any atom is -0.269 e. The van der Waals surface area contributed by atoms with Crippen LogP contribution in [0.25, 0.3) is 10.8 Å². The van der Waals surface area contributed by atoms with Crippen molar-refractivity contribution in [2.75, 3.05) is 11.4 Å². The summed E-state index contributed by atoms with van der Waals surface area (Å²) in [5.41, 5.74) is -0.00279. The fraction of sp³-hybridized carbons (Fsp3) is 0.0588. The highest BCUT2D eigenvalue weighted by Crippen LogP contribution is 2.30. The number of nitro groups is 1. The van der Waals surface area contributed by atoms with Gasteiger partial charge in [0.2, 0.25) is 0 Å². The maximum Gasteiger partial charge on any atom is 0.289 e. The minimum atomic E-state index is -4.04. The molecule has 0 spiro atoms. The molecule has 24 heavy (non-hydrogen) atoms. The summed E-state index contributed by atoms with van der Waals surface area (Å²) in [6.45, 7) is 0. The van der Waals surface area contributed by atoms with Gasteiger partial charge in [-0.3, -0.25) is 14.4 Å². The van der Waals surface area contributed by atoms with Crippen LogP contribution in [-0.4, -0.2) is 20.4 Å². The number of rotatable bonds is 4. The van der Waals surface area contributed by atoms with Crippen LogP contribution in [0, 0.1) is 10.1 Å². The van der Waals surface area contributed by atoms with Crippen LogP contribution in [-0.2, 0) is 10.0 Å². The van der Waals surface area contributed by atoms with Crippen LogP contribution in [0.5, 0.6) is 0 Å². The van der Waals surface area contributed by atoms with Crippen molar-refractivity contribution in [3.8, 4) is 0 Å². The highest BCUT2D eigenvalue weighted by atomic mass is 32.2. The highest BCUT2D eigenvalue weighted by molar-refractivity contribution is 7.93. The van der Waals surface area contributed by atoms with E-state index in [-0.39, 0.29) is 4.90 Å². The lowest BCUT2D eigenvalue weighted by Crippen LogP contribution is -2.27. The third-order valence-electron chi connectivity index (χ3n) is 3.80. The summed E-state index contributed by atoms with van der Waals surface area (Å²) in [5.74, 6) is 0. The van der Waals surface area contributed by atoms with Crippen LogP contribution < -0.4 is 4.31 Å². The Hall–Kier alpha value is -2.93. The van der Waals surface area contributed by atoms with E-state index in [1.54, 1.807) is 12.1 Å². The third-order valence-corrected chi connectivity index (χ3v) is 5.63. The van der Waals surface area contributed by atoms with Gasteiger partial charge in [-0.15, -0.1) is 0 Å². The molecule has 122 valence electrons. The molecule has 3 aromatic carbocycles. The average Bonchev–Trinajstić information content (AvgIpc) is 2.60. The molecule has 7 heteroatoms. The van der Waals surface area contributed by atoms with Gasteiger partial charge in [0.1, 0.15) is 0 Å². The first-order valence-electron chi connectivity index (χ1n) is 7.12. The smallest absolute Gasteiger partial charge is 0.269 e. The molecule has 0 heterocycles. The van der Waals surface area contributed by atoms with Crippen molar-refractivity contribution in [1.29, 1.82) is 0 Å². The summed E-state index contributed by atoms with van der Waals surface area (Å²) in [7, 11) is -2.66. The summed E-state index contributed by atoms with van der Waals surface area (Å²) in [4.78, 5) is 10.1. The number of benzene rings is 3. The number of nitro benzene ring substituents is 1. The Morgan fingerprint density at radius 2 is 1.54 bits per heavy atom. The standard InChI is InChI=1S/C17H14N2O4S/c1-18(15-11-10-13-6-2-3-7-14(13)12-15)24(22,23)17-9-5-4-8-16(17)19(20)21/h2-12H,1H3. The number of sulfonamides is 1. The second kappa shape index (κ2) is 5.93. The second-order valence-corrected chi connectivity index (χ2v) is 7.17. The Morgan fingerprint density at radius 3 is 2.25 bits per heavy atom. The zero-order chi connectivity index (χ0) is 17.3. The number of nitrogens with zero attached hydrogens (tertiary/aromatic N) is 2. The molecule has 0 aliphatic heterocycles. The summed E-state index contributed by atoms with van der Waals surface area (Å²) in [6, 6.07) is 18.1. The van der Waals surface area contributed by atoms with Gasteiger partial charge >= 0.3 is 0 Å². The monoisotopic (exact) mass is 342 g/mol. The van der Waals surface area contributed by atoms with Gasteiger partial charge in [-0.25, -0.2) is 8.42 Å². The molecule has 0 aromatic heterocycles. The van der Waals surface area contributed by atoms with E-state index in [9.17, 15) is 18.5 Å². The van der Waals surface area contributed by atoms with Crippen molar-refractivity contribution < 1.29 is 13.3 Å². The van der Waals surface area contributed by atoms with Crippen LogP contribution >= 0.6 is 0 Å². The van der Waals surface area contributed by atoms with Crippen molar-refractivity contribution in [2.24, 2.45) is 0 Å². The zero-order valence-corrected chi connectivity index (χ0v) is 13.6. The normalized spacial score (nSPS) is 11.4. The van der Waals surface area contributed by atoms with E-state index >= 15 is 0 Å². The molecular formula is C17H14N2O4S. The molecule has 0 unspecified atom stereocenters. The van der Waals surface area contributed by atoms with Crippen LogP contribution in [0.2, 0.25) is 0 Å². The summed E-state index contributed by atoms with van der Waals surface area (Å²) >= 11 is 0. The predicted octanol–water partition coefficient (Wildman–Crippen LogP) is 3.57. The van der Waals surface area contributed by atoms with Crippen LogP contribution in [0.15, 0.2) is 71.6 Å².